The highest BCUT2D eigenvalue weighted by molar-refractivity contribution is 6.67. The Balaban J connectivity index is 1.57. The highest BCUT2D eigenvalue weighted by atomic mass is 14.6. The molecule has 132 valence electrons. The lowest BCUT2D eigenvalue weighted by molar-refractivity contribution is -0.107. The average Bonchev–Trinajstić information content (AvgIpc) is 2.52. The van der Waals surface area contributed by atoms with E-state index in [0.717, 1.165) is 53.9 Å². The summed E-state index contributed by atoms with van der Waals surface area (Å²) in [4.78, 5) is 0. The van der Waals surface area contributed by atoms with Gasteiger partial charge in [-0.2, -0.15) is 0 Å². The summed E-state index contributed by atoms with van der Waals surface area (Å²) in [5, 5.41) is 0. The van der Waals surface area contributed by atoms with Crippen LogP contribution in [0.15, 0.2) is 18.3 Å². The van der Waals surface area contributed by atoms with Crippen LogP contribution in [0.3, 0.4) is 0 Å². The third kappa shape index (κ3) is 2.06. The number of rotatable bonds is 3. The molecule has 0 aromatic heterocycles. The van der Waals surface area contributed by atoms with E-state index < -0.39 is 0 Å². The summed E-state index contributed by atoms with van der Waals surface area (Å²) in [5.74, 6) is 9.74. The van der Waals surface area contributed by atoms with Crippen molar-refractivity contribution in [2.75, 3.05) is 0 Å². The highest BCUT2D eigenvalue weighted by Gasteiger charge is 2.61. The van der Waals surface area contributed by atoms with Crippen LogP contribution < -0.4 is 0 Å². The molecule has 0 nitrogen and oxygen atoms in total. The fourth-order valence-corrected chi connectivity index (χ4v) is 8.10. The molecule has 6 aliphatic rings. The van der Waals surface area contributed by atoms with Crippen molar-refractivity contribution in [2.24, 2.45) is 46.3 Å². The van der Waals surface area contributed by atoms with E-state index in [0.29, 0.717) is 10.8 Å². The molecule has 0 aliphatic heterocycles. The Morgan fingerprint density at radius 1 is 0.833 bits per heavy atom. The first-order valence-corrected chi connectivity index (χ1v) is 10.6. The standard InChI is InChI=1S/C23H37B/c1-8-9-24(20-12-16-10-18(14(20)2)22(16,4)5)21-13-17-11-19(15(21)3)23(17,6)7/h9,14-21H,1,10-13H2,2-7H3. The van der Waals surface area contributed by atoms with Gasteiger partial charge < -0.3 is 0 Å². The van der Waals surface area contributed by atoms with Gasteiger partial charge in [-0.15, -0.1) is 5.73 Å². The molecular formula is C23H37B. The number of fused-ring (bicyclic) bond motifs is 4. The van der Waals surface area contributed by atoms with Crippen LogP contribution in [-0.2, 0) is 0 Å². The van der Waals surface area contributed by atoms with Crippen LogP contribution in [0.2, 0.25) is 11.6 Å². The Morgan fingerprint density at radius 2 is 1.25 bits per heavy atom. The molecule has 4 bridgehead atoms. The highest BCUT2D eigenvalue weighted by Crippen LogP contribution is 2.69. The SMILES string of the molecule is C=C=CB(C1CC2CC(C1C)C2(C)C)C1CC2CC(C1C)C2(C)C. The number of hydrogen-bond acceptors (Lipinski definition) is 0. The largest absolute Gasteiger partial charge is 0.183 e. The molecule has 6 rings (SSSR count). The van der Waals surface area contributed by atoms with E-state index in [1.807, 2.05) is 0 Å². The monoisotopic (exact) mass is 324 g/mol. The van der Waals surface area contributed by atoms with Gasteiger partial charge in [-0.05, 0) is 59.2 Å². The van der Waals surface area contributed by atoms with Crippen LogP contribution in [0, 0.1) is 46.3 Å². The second kappa shape index (κ2) is 5.29. The van der Waals surface area contributed by atoms with Gasteiger partial charge in [-0.3, -0.25) is 0 Å². The van der Waals surface area contributed by atoms with Gasteiger partial charge in [-0.25, -0.2) is 0 Å². The second-order valence-electron chi connectivity index (χ2n) is 11.2. The Hall–Kier alpha value is -0.415. The van der Waals surface area contributed by atoms with Gasteiger partial charge in [0.1, 0.15) is 0 Å². The molecule has 6 fully saturated rings. The van der Waals surface area contributed by atoms with Crippen LogP contribution in [0.4, 0.5) is 0 Å². The minimum absolute atomic E-state index is 0.598. The lowest BCUT2D eigenvalue weighted by Crippen LogP contribution is -2.59. The summed E-state index contributed by atoms with van der Waals surface area (Å²) in [6.07, 6.45) is 5.90. The van der Waals surface area contributed by atoms with Gasteiger partial charge in [0.25, 0.3) is 0 Å². The van der Waals surface area contributed by atoms with Gasteiger partial charge >= 0.3 is 0 Å². The van der Waals surface area contributed by atoms with Gasteiger partial charge in [0, 0.05) is 0 Å². The fourth-order valence-electron chi connectivity index (χ4n) is 8.10. The Labute approximate surface area is 150 Å². The normalized spacial score (nSPS) is 50.1. The first kappa shape index (κ1) is 17.0. The predicted molar refractivity (Wildman–Crippen MR) is 105 cm³/mol. The average molecular weight is 324 g/mol. The minimum Gasteiger partial charge on any atom is -0.143 e. The third-order valence-corrected chi connectivity index (χ3v) is 10.1. The van der Waals surface area contributed by atoms with E-state index in [4.69, 9.17) is 0 Å². The maximum absolute atomic E-state index is 3.98. The van der Waals surface area contributed by atoms with Gasteiger partial charge in [0.15, 0.2) is 6.71 Å². The zero-order valence-electron chi connectivity index (χ0n) is 16.8. The molecule has 8 atom stereocenters. The summed E-state index contributed by atoms with van der Waals surface area (Å²) in [6, 6.07) is 0. The molecule has 0 aromatic rings. The lowest BCUT2D eigenvalue weighted by atomic mass is 9.21. The van der Waals surface area contributed by atoms with E-state index in [1.165, 1.54) is 25.7 Å². The van der Waals surface area contributed by atoms with Crippen molar-refractivity contribution < 1.29 is 0 Å². The van der Waals surface area contributed by atoms with Crippen molar-refractivity contribution in [3.63, 3.8) is 0 Å². The van der Waals surface area contributed by atoms with Crippen molar-refractivity contribution in [1.29, 1.82) is 0 Å². The van der Waals surface area contributed by atoms with Crippen LogP contribution in [0.25, 0.3) is 0 Å². The van der Waals surface area contributed by atoms with E-state index in [-0.39, 0.29) is 0 Å². The van der Waals surface area contributed by atoms with Crippen molar-refractivity contribution in [3.05, 3.63) is 18.3 Å². The van der Waals surface area contributed by atoms with Crippen LogP contribution in [-0.4, -0.2) is 6.71 Å². The molecule has 0 amide bonds. The third-order valence-electron chi connectivity index (χ3n) is 10.1. The summed E-state index contributed by atoms with van der Waals surface area (Å²) >= 11 is 0. The first-order valence-electron chi connectivity index (χ1n) is 10.6. The maximum Gasteiger partial charge on any atom is 0.183 e. The van der Waals surface area contributed by atoms with E-state index in [2.05, 4.69) is 59.8 Å². The predicted octanol–water partition coefficient (Wildman–Crippen LogP) is 6.51. The Bertz CT molecular complexity index is 525. The molecular weight excluding hydrogens is 287 g/mol. The maximum atomic E-state index is 3.98. The van der Waals surface area contributed by atoms with Crippen LogP contribution in [0.1, 0.15) is 67.2 Å². The van der Waals surface area contributed by atoms with Crippen LogP contribution >= 0.6 is 0 Å². The Morgan fingerprint density at radius 3 is 1.54 bits per heavy atom. The molecule has 8 unspecified atom stereocenters. The van der Waals surface area contributed by atoms with Crippen molar-refractivity contribution >= 4 is 6.71 Å². The van der Waals surface area contributed by atoms with E-state index in [9.17, 15) is 0 Å². The summed E-state index contributed by atoms with van der Waals surface area (Å²) in [5.41, 5.74) is 4.43. The van der Waals surface area contributed by atoms with Crippen molar-refractivity contribution in [1.82, 2.24) is 0 Å². The van der Waals surface area contributed by atoms with E-state index in [1.54, 1.807) is 0 Å². The molecule has 0 spiro atoms. The zero-order valence-corrected chi connectivity index (χ0v) is 16.8. The number of hydrogen-bond donors (Lipinski definition) is 0. The minimum atomic E-state index is 0.598. The lowest BCUT2D eigenvalue weighted by Gasteiger charge is -2.66. The molecule has 1 heteroatoms. The zero-order chi connectivity index (χ0) is 17.4. The van der Waals surface area contributed by atoms with Gasteiger partial charge in [0.2, 0.25) is 0 Å². The molecule has 0 saturated heterocycles. The molecule has 0 N–H and O–H groups in total. The van der Waals surface area contributed by atoms with Crippen LogP contribution in [0.5, 0.6) is 0 Å². The smallest absolute Gasteiger partial charge is 0.143 e. The topological polar surface area (TPSA) is 0 Å². The Kier molecular flexibility index (Phi) is 3.75. The van der Waals surface area contributed by atoms with E-state index >= 15 is 0 Å². The molecule has 6 aliphatic carbocycles. The summed E-state index contributed by atoms with van der Waals surface area (Å²) in [6.45, 7) is 19.9. The first-order chi connectivity index (χ1) is 11.2. The van der Waals surface area contributed by atoms with Crippen molar-refractivity contribution in [2.45, 2.75) is 78.9 Å². The molecule has 0 aromatic carbocycles. The quantitative estimate of drug-likeness (QED) is 0.410. The second-order valence-corrected chi connectivity index (χ2v) is 11.2. The summed E-state index contributed by atoms with van der Waals surface area (Å²) < 4.78 is 0. The van der Waals surface area contributed by atoms with Gasteiger partial charge in [-0.1, -0.05) is 78.6 Å². The van der Waals surface area contributed by atoms with Gasteiger partial charge in [0.05, 0.1) is 0 Å². The fraction of sp³-hybridized carbons (Fsp3) is 0.870. The molecule has 24 heavy (non-hydrogen) atoms. The molecule has 6 saturated carbocycles. The summed E-state index contributed by atoms with van der Waals surface area (Å²) in [7, 11) is 0. The molecule has 0 radical (unpaired) electrons. The van der Waals surface area contributed by atoms with Crippen molar-refractivity contribution in [3.8, 4) is 0 Å². The molecule has 0 heterocycles.